The molecule has 2 unspecified atom stereocenters. The van der Waals surface area contributed by atoms with E-state index in [2.05, 4.69) is 10.9 Å². The predicted octanol–water partition coefficient (Wildman–Crippen LogP) is 1.77. The van der Waals surface area contributed by atoms with Crippen molar-refractivity contribution in [1.82, 2.24) is 0 Å². The van der Waals surface area contributed by atoms with Crippen LogP contribution in [0, 0.1) is 12.3 Å². The maximum absolute atomic E-state index is 11.4. The predicted molar refractivity (Wildman–Crippen MR) is 71.9 cm³/mol. The Morgan fingerprint density at radius 2 is 2.16 bits per heavy atom. The van der Waals surface area contributed by atoms with Crippen LogP contribution in [0.15, 0.2) is 35.3 Å². The van der Waals surface area contributed by atoms with Crippen molar-refractivity contribution in [1.29, 1.82) is 0 Å². The average Bonchev–Trinajstić information content (AvgIpc) is 2.71. The molecule has 2 atom stereocenters. The van der Waals surface area contributed by atoms with Gasteiger partial charge in [-0.3, -0.25) is 4.99 Å². The molecule has 0 aliphatic carbocycles. The standard InChI is InChI=1S/C14H12ClNO3/c1-2-8-18-14-12(11(15)13(17)19-14)16-9-10-6-4-3-5-7-10/h1,3-7,11,14H,8-9H2. The summed E-state index contributed by atoms with van der Waals surface area (Å²) in [4.78, 5) is 15.7. The van der Waals surface area contributed by atoms with Crippen LogP contribution < -0.4 is 0 Å². The van der Waals surface area contributed by atoms with Gasteiger partial charge in [0.05, 0.1) is 6.54 Å². The van der Waals surface area contributed by atoms with Crippen LogP contribution in [-0.4, -0.2) is 30.0 Å². The second-order valence-electron chi connectivity index (χ2n) is 3.87. The molecule has 2 rings (SSSR count). The molecule has 0 bridgehead atoms. The molecule has 0 amide bonds. The number of nitrogens with zero attached hydrogens (tertiary/aromatic N) is 1. The lowest BCUT2D eigenvalue weighted by Gasteiger charge is -2.09. The number of alkyl halides is 1. The summed E-state index contributed by atoms with van der Waals surface area (Å²) in [6, 6.07) is 9.61. The maximum Gasteiger partial charge on any atom is 0.332 e. The summed E-state index contributed by atoms with van der Waals surface area (Å²) in [6.45, 7) is 0.442. The second-order valence-corrected chi connectivity index (χ2v) is 4.31. The van der Waals surface area contributed by atoms with Crippen LogP contribution in [0.4, 0.5) is 0 Å². The number of esters is 1. The molecular weight excluding hydrogens is 266 g/mol. The van der Waals surface area contributed by atoms with Gasteiger partial charge in [0.15, 0.2) is 5.38 Å². The van der Waals surface area contributed by atoms with Crippen molar-refractivity contribution in [3.8, 4) is 12.3 Å². The number of aliphatic imine (C=N–C) groups is 1. The lowest BCUT2D eigenvalue weighted by Crippen LogP contribution is -2.24. The summed E-state index contributed by atoms with van der Waals surface area (Å²) in [6.07, 6.45) is 4.22. The first-order valence-electron chi connectivity index (χ1n) is 5.70. The molecule has 1 aromatic carbocycles. The van der Waals surface area contributed by atoms with Crippen molar-refractivity contribution in [2.45, 2.75) is 18.2 Å². The van der Waals surface area contributed by atoms with Crippen molar-refractivity contribution in [2.24, 2.45) is 4.99 Å². The quantitative estimate of drug-likeness (QED) is 0.479. The summed E-state index contributed by atoms with van der Waals surface area (Å²) in [5.74, 6) is 1.75. The van der Waals surface area contributed by atoms with Gasteiger partial charge in [-0.25, -0.2) is 4.79 Å². The SMILES string of the molecule is C#CCOC1OC(=O)C(Cl)C1=NCc1ccccc1. The summed E-state index contributed by atoms with van der Waals surface area (Å²) in [5, 5.41) is -0.911. The molecule has 98 valence electrons. The van der Waals surface area contributed by atoms with Crippen molar-refractivity contribution in [2.75, 3.05) is 6.61 Å². The third-order valence-electron chi connectivity index (χ3n) is 2.54. The molecule has 4 nitrogen and oxygen atoms in total. The Morgan fingerprint density at radius 1 is 1.42 bits per heavy atom. The van der Waals surface area contributed by atoms with Crippen LogP contribution >= 0.6 is 11.6 Å². The third kappa shape index (κ3) is 3.34. The van der Waals surface area contributed by atoms with Gasteiger partial charge >= 0.3 is 5.97 Å². The average molecular weight is 278 g/mol. The van der Waals surface area contributed by atoms with Crippen molar-refractivity contribution in [3.63, 3.8) is 0 Å². The van der Waals surface area contributed by atoms with Gasteiger partial charge in [0.1, 0.15) is 12.3 Å². The number of carbonyl (C=O) groups excluding carboxylic acids is 1. The van der Waals surface area contributed by atoms with E-state index in [-0.39, 0.29) is 6.61 Å². The van der Waals surface area contributed by atoms with E-state index in [1.807, 2.05) is 30.3 Å². The van der Waals surface area contributed by atoms with Gasteiger partial charge in [-0.2, -0.15) is 0 Å². The van der Waals surface area contributed by atoms with Gasteiger partial charge in [-0.15, -0.1) is 18.0 Å². The lowest BCUT2D eigenvalue weighted by molar-refractivity contribution is -0.155. The number of terminal acetylenes is 1. The minimum atomic E-state index is -0.911. The Balaban J connectivity index is 2.10. The monoisotopic (exact) mass is 277 g/mol. The minimum absolute atomic E-state index is 0.0336. The van der Waals surface area contributed by atoms with Gasteiger partial charge in [-0.1, -0.05) is 36.3 Å². The first-order chi connectivity index (χ1) is 9.22. The molecule has 1 aliphatic rings. The Hall–Kier alpha value is -1.83. The molecule has 1 aromatic rings. The van der Waals surface area contributed by atoms with Gasteiger partial charge < -0.3 is 9.47 Å². The molecule has 0 aromatic heterocycles. The zero-order valence-electron chi connectivity index (χ0n) is 10.1. The zero-order chi connectivity index (χ0) is 13.7. The summed E-state index contributed by atoms with van der Waals surface area (Å²) >= 11 is 5.93. The number of benzene rings is 1. The Labute approximate surface area is 116 Å². The van der Waals surface area contributed by atoms with Crippen LogP contribution in [0.5, 0.6) is 0 Å². The van der Waals surface area contributed by atoms with E-state index in [4.69, 9.17) is 27.5 Å². The highest BCUT2D eigenvalue weighted by Gasteiger charge is 2.40. The normalized spacial score (nSPS) is 24.2. The molecule has 1 heterocycles. The van der Waals surface area contributed by atoms with E-state index in [0.717, 1.165) is 5.56 Å². The van der Waals surface area contributed by atoms with Crippen molar-refractivity contribution in [3.05, 3.63) is 35.9 Å². The highest BCUT2D eigenvalue weighted by molar-refractivity contribution is 6.44. The number of hydrogen-bond acceptors (Lipinski definition) is 4. The van der Waals surface area contributed by atoms with Crippen LogP contribution in [0.3, 0.4) is 0 Å². The Morgan fingerprint density at radius 3 is 2.84 bits per heavy atom. The topological polar surface area (TPSA) is 47.9 Å². The van der Waals surface area contributed by atoms with Crippen LogP contribution in [0.25, 0.3) is 0 Å². The molecule has 0 spiro atoms. The van der Waals surface area contributed by atoms with E-state index in [1.54, 1.807) is 0 Å². The second kappa shape index (κ2) is 6.37. The van der Waals surface area contributed by atoms with E-state index in [9.17, 15) is 4.79 Å². The fourth-order valence-corrected chi connectivity index (χ4v) is 1.85. The molecule has 1 fully saturated rings. The largest absolute Gasteiger partial charge is 0.428 e. The number of ether oxygens (including phenoxy) is 2. The highest BCUT2D eigenvalue weighted by atomic mass is 35.5. The fourth-order valence-electron chi connectivity index (χ4n) is 1.63. The molecule has 0 N–H and O–H groups in total. The van der Waals surface area contributed by atoms with E-state index >= 15 is 0 Å². The van der Waals surface area contributed by atoms with Gasteiger partial charge in [0, 0.05) is 0 Å². The van der Waals surface area contributed by atoms with Crippen LogP contribution in [0.1, 0.15) is 5.56 Å². The number of carbonyl (C=O) groups is 1. The van der Waals surface area contributed by atoms with Crippen molar-refractivity contribution >= 4 is 23.3 Å². The fraction of sp³-hybridized carbons (Fsp3) is 0.286. The molecule has 1 saturated heterocycles. The first-order valence-corrected chi connectivity index (χ1v) is 6.14. The van der Waals surface area contributed by atoms with E-state index in [1.165, 1.54) is 0 Å². The lowest BCUT2D eigenvalue weighted by atomic mass is 10.2. The highest BCUT2D eigenvalue weighted by Crippen LogP contribution is 2.19. The molecule has 0 radical (unpaired) electrons. The zero-order valence-corrected chi connectivity index (χ0v) is 10.8. The van der Waals surface area contributed by atoms with Gasteiger partial charge in [0.2, 0.25) is 6.29 Å². The smallest absolute Gasteiger partial charge is 0.332 e. The van der Waals surface area contributed by atoms with E-state index < -0.39 is 17.6 Å². The number of halogens is 1. The molecule has 0 saturated carbocycles. The van der Waals surface area contributed by atoms with Gasteiger partial charge in [0.25, 0.3) is 0 Å². The number of hydrogen-bond donors (Lipinski definition) is 0. The molecule has 5 heteroatoms. The molecule has 1 aliphatic heterocycles. The molecule has 19 heavy (non-hydrogen) atoms. The van der Waals surface area contributed by atoms with Gasteiger partial charge in [-0.05, 0) is 5.56 Å². The van der Waals surface area contributed by atoms with Crippen molar-refractivity contribution < 1.29 is 14.3 Å². The van der Waals surface area contributed by atoms with Crippen LogP contribution in [-0.2, 0) is 20.8 Å². The summed E-state index contributed by atoms with van der Waals surface area (Å²) in [7, 11) is 0. The summed E-state index contributed by atoms with van der Waals surface area (Å²) < 4.78 is 10.2. The maximum atomic E-state index is 11.4. The first kappa shape index (κ1) is 13.6. The number of cyclic esters (lactones) is 1. The van der Waals surface area contributed by atoms with Crippen LogP contribution in [0.2, 0.25) is 0 Å². The molecular formula is C14H12ClNO3. The number of rotatable bonds is 4. The Bertz CT molecular complexity index is 521. The van der Waals surface area contributed by atoms with E-state index in [0.29, 0.717) is 12.3 Å². The third-order valence-corrected chi connectivity index (χ3v) is 2.94. The Kier molecular flexibility index (Phi) is 4.56. The minimum Gasteiger partial charge on any atom is -0.428 e. The summed E-state index contributed by atoms with van der Waals surface area (Å²) in [5.41, 5.74) is 1.37.